The number of rotatable bonds is 2. The molecule has 0 atom stereocenters. The molecule has 0 amide bonds. The maximum atomic E-state index is 12.4. The molecule has 0 radical (unpaired) electrons. The number of aromatic nitrogens is 2. The van der Waals surface area contributed by atoms with Crippen LogP contribution < -0.4 is 11.4 Å². The predicted molar refractivity (Wildman–Crippen MR) is 81.7 cm³/mol. The SMILES string of the molecule is Nc1nc(=O)[nH]c2ccc(C(=O)c3ccc(Cl)cc3)cc12. The quantitative estimate of drug-likeness (QED) is 0.711. The molecule has 0 aliphatic rings. The Morgan fingerprint density at radius 3 is 2.48 bits per heavy atom. The van der Waals surface area contributed by atoms with Crippen molar-refractivity contribution in [3.05, 3.63) is 69.1 Å². The number of carbonyl (C=O) groups is 1. The number of nitrogen functional groups attached to an aromatic ring is 1. The highest BCUT2D eigenvalue weighted by atomic mass is 35.5. The Hall–Kier alpha value is -2.66. The molecule has 0 bridgehead atoms. The summed E-state index contributed by atoms with van der Waals surface area (Å²) in [6.45, 7) is 0. The first-order valence-corrected chi connectivity index (χ1v) is 6.52. The summed E-state index contributed by atoms with van der Waals surface area (Å²) in [6, 6.07) is 11.5. The molecule has 1 heterocycles. The fourth-order valence-corrected chi connectivity index (χ4v) is 2.21. The number of ketones is 1. The molecule has 0 unspecified atom stereocenters. The van der Waals surface area contributed by atoms with E-state index in [-0.39, 0.29) is 11.6 Å². The molecule has 0 saturated carbocycles. The minimum absolute atomic E-state index is 0.0968. The molecule has 6 heteroatoms. The number of H-pyrrole nitrogens is 1. The van der Waals surface area contributed by atoms with Gasteiger partial charge in [-0.15, -0.1) is 0 Å². The summed E-state index contributed by atoms with van der Waals surface area (Å²) < 4.78 is 0. The number of benzene rings is 2. The average Bonchev–Trinajstić information content (AvgIpc) is 2.47. The number of nitrogens with zero attached hydrogens (tertiary/aromatic N) is 1. The van der Waals surface area contributed by atoms with E-state index in [0.717, 1.165) is 0 Å². The summed E-state index contributed by atoms with van der Waals surface area (Å²) in [4.78, 5) is 29.8. The Morgan fingerprint density at radius 1 is 1.10 bits per heavy atom. The van der Waals surface area contributed by atoms with Crippen LogP contribution >= 0.6 is 11.6 Å². The Bertz CT molecular complexity index is 901. The van der Waals surface area contributed by atoms with Crippen molar-refractivity contribution in [2.45, 2.75) is 0 Å². The summed E-state index contributed by atoms with van der Waals surface area (Å²) >= 11 is 5.81. The first-order chi connectivity index (χ1) is 10.0. The van der Waals surface area contributed by atoms with Crippen LogP contribution in [0.25, 0.3) is 10.9 Å². The fourth-order valence-electron chi connectivity index (χ4n) is 2.09. The minimum Gasteiger partial charge on any atom is -0.383 e. The van der Waals surface area contributed by atoms with Gasteiger partial charge in [0.1, 0.15) is 5.82 Å². The van der Waals surface area contributed by atoms with E-state index in [9.17, 15) is 9.59 Å². The molecule has 0 spiro atoms. The summed E-state index contributed by atoms with van der Waals surface area (Å²) in [5, 5.41) is 1.10. The highest BCUT2D eigenvalue weighted by Gasteiger charge is 2.11. The van der Waals surface area contributed by atoms with Gasteiger partial charge < -0.3 is 10.7 Å². The predicted octanol–water partition coefficient (Wildman–Crippen LogP) is 2.39. The van der Waals surface area contributed by atoms with Crippen molar-refractivity contribution in [1.29, 1.82) is 0 Å². The van der Waals surface area contributed by atoms with E-state index >= 15 is 0 Å². The third-order valence-corrected chi connectivity index (χ3v) is 3.38. The molecule has 1 aromatic heterocycles. The van der Waals surface area contributed by atoms with Crippen LogP contribution in [0.2, 0.25) is 5.02 Å². The maximum absolute atomic E-state index is 12.4. The van der Waals surface area contributed by atoms with Gasteiger partial charge >= 0.3 is 5.69 Å². The maximum Gasteiger partial charge on any atom is 0.347 e. The van der Waals surface area contributed by atoms with E-state index in [1.54, 1.807) is 42.5 Å². The van der Waals surface area contributed by atoms with Crippen LogP contribution in [0, 0.1) is 0 Å². The standard InChI is InChI=1S/C15H10ClN3O2/c16-10-4-1-8(2-5-10)13(20)9-3-6-12-11(7-9)14(17)19-15(21)18-12/h1-7H,(H3,17,18,19,21). The van der Waals surface area contributed by atoms with Crippen molar-refractivity contribution in [2.75, 3.05) is 5.73 Å². The molecule has 0 aliphatic heterocycles. The normalized spacial score (nSPS) is 10.7. The Morgan fingerprint density at radius 2 is 1.76 bits per heavy atom. The molecule has 0 aliphatic carbocycles. The molecule has 0 fully saturated rings. The lowest BCUT2D eigenvalue weighted by atomic mass is 10.0. The van der Waals surface area contributed by atoms with Crippen LogP contribution in [0.5, 0.6) is 0 Å². The number of hydrogen-bond acceptors (Lipinski definition) is 4. The lowest BCUT2D eigenvalue weighted by molar-refractivity contribution is 0.103. The number of halogens is 1. The zero-order valence-electron chi connectivity index (χ0n) is 10.8. The molecule has 3 aromatic rings. The van der Waals surface area contributed by atoms with Gasteiger partial charge in [0.15, 0.2) is 5.78 Å². The number of hydrogen-bond donors (Lipinski definition) is 2. The zero-order valence-corrected chi connectivity index (χ0v) is 11.5. The average molecular weight is 300 g/mol. The van der Waals surface area contributed by atoms with Gasteiger partial charge in [-0.2, -0.15) is 4.98 Å². The first-order valence-electron chi connectivity index (χ1n) is 6.14. The third-order valence-electron chi connectivity index (χ3n) is 3.13. The number of fused-ring (bicyclic) bond motifs is 1. The van der Waals surface area contributed by atoms with Gasteiger partial charge in [0.2, 0.25) is 0 Å². The van der Waals surface area contributed by atoms with Crippen molar-refractivity contribution in [3.8, 4) is 0 Å². The smallest absolute Gasteiger partial charge is 0.347 e. The highest BCUT2D eigenvalue weighted by Crippen LogP contribution is 2.20. The number of carbonyl (C=O) groups excluding carboxylic acids is 1. The monoisotopic (exact) mass is 299 g/mol. The van der Waals surface area contributed by atoms with Crippen molar-refractivity contribution in [2.24, 2.45) is 0 Å². The topological polar surface area (TPSA) is 88.8 Å². The van der Waals surface area contributed by atoms with Crippen LogP contribution in [0.15, 0.2) is 47.3 Å². The van der Waals surface area contributed by atoms with Crippen molar-refractivity contribution in [1.82, 2.24) is 9.97 Å². The van der Waals surface area contributed by atoms with Crippen LogP contribution in [0.1, 0.15) is 15.9 Å². The molecule has 5 nitrogen and oxygen atoms in total. The lowest BCUT2D eigenvalue weighted by Crippen LogP contribution is -2.13. The molecule has 104 valence electrons. The molecule has 3 rings (SSSR count). The summed E-state index contributed by atoms with van der Waals surface area (Å²) in [5.74, 6) is -0.0568. The summed E-state index contributed by atoms with van der Waals surface area (Å²) in [7, 11) is 0. The van der Waals surface area contributed by atoms with Crippen molar-refractivity contribution < 1.29 is 4.79 Å². The van der Waals surface area contributed by atoms with Gasteiger partial charge in [-0.1, -0.05) is 11.6 Å². The van der Waals surface area contributed by atoms with E-state index in [2.05, 4.69) is 9.97 Å². The summed E-state index contributed by atoms with van der Waals surface area (Å²) in [5.41, 5.74) is 6.74. The highest BCUT2D eigenvalue weighted by molar-refractivity contribution is 6.30. The number of nitrogens with one attached hydrogen (secondary N) is 1. The number of anilines is 1. The van der Waals surface area contributed by atoms with E-state index in [1.165, 1.54) is 0 Å². The van der Waals surface area contributed by atoms with Crippen LogP contribution in [0.4, 0.5) is 5.82 Å². The van der Waals surface area contributed by atoms with Gasteiger partial charge in [0.25, 0.3) is 0 Å². The molecule has 0 saturated heterocycles. The zero-order chi connectivity index (χ0) is 15.0. The second-order valence-corrected chi connectivity index (χ2v) is 4.96. The van der Waals surface area contributed by atoms with Gasteiger partial charge in [-0.05, 0) is 42.5 Å². The number of aromatic amines is 1. The van der Waals surface area contributed by atoms with Gasteiger partial charge in [0, 0.05) is 21.5 Å². The van der Waals surface area contributed by atoms with E-state index in [0.29, 0.717) is 27.1 Å². The Balaban J connectivity index is 2.10. The van der Waals surface area contributed by atoms with Gasteiger partial charge in [-0.3, -0.25) is 4.79 Å². The first kappa shape index (κ1) is 13.3. The van der Waals surface area contributed by atoms with Crippen molar-refractivity contribution in [3.63, 3.8) is 0 Å². The second-order valence-electron chi connectivity index (χ2n) is 4.52. The second kappa shape index (κ2) is 5.03. The van der Waals surface area contributed by atoms with E-state index < -0.39 is 5.69 Å². The lowest BCUT2D eigenvalue weighted by Gasteiger charge is -2.05. The van der Waals surface area contributed by atoms with Crippen LogP contribution in [0.3, 0.4) is 0 Å². The van der Waals surface area contributed by atoms with Crippen LogP contribution in [-0.2, 0) is 0 Å². The van der Waals surface area contributed by atoms with Crippen LogP contribution in [-0.4, -0.2) is 15.8 Å². The molecule has 2 aromatic carbocycles. The van der Waals surface area contributed by atoms with E-state index in [4.69, 9.17) is 17.3 Å². The van der Waals surface area contributed by atoms with Crippen molar-refractivity contribution >= 4 is 34.1 Å². The van der Waals surface area contributed by atoms with Gasteiger partial charge in [-0.25, -0.2) is 4.79 Å². The minimum atomic E-state index is -0.517. The Labute approximate surface area is 124 Å². The largest absolute Gasteiger partial charge is 0.383 e. The number of nitrogens with two attached hydrogens (primary N) is 1. The molecular formula is C15H10ClN3O2. The Kier molecular flexibility index (Phi) is 3.19. The third kappa shape index (κ3) is 2.51. The summed E-state index contributed by atoms with van der Waals surface area (Å²) in [6.07, 6.45) is 0. The molecule has 3 N–H and O–H groups in total. The molecular weight excluding hydrogens is 290 g/mol. The fraction of sp³-hybridized carbons (Fsp3) is 0. The van der Waals surface area contributed by atoms with E-state index in [1.807, 2.05) is 0 Å². The van der Waals surface area contributed by atoms with Gasteiger partial charge in [0.05, 0.1) is 5.52 Å². The molecule has 21 heavy (non-hydrogen) atoms.